The second kappa shape index (κ2) is 7.33. The highest BCUT2D eigenvalue weighted by Crippen LogP contribution is 2.17. The molecule has 21 heavy (non-hydrogen) atoms. The molecule has 1 atom stereocenters. The van der Waals surface area contributed by atoms with Crippen molar-refractivity contribution in [2.24, 2.45) is 0 Å². The molecule has 1 aliphatic carbocycles. The largest absolute Gasteiger partial charge is 0.394 e. The van der Waals surface area contributed by atoms with Crippen LogP contribution in [0.2, 0.25) is 0 Å². The Morgan fingerprint density at radius 1 is 1.33 bits per heavy atom. The van der Waals surface area contributed by atoms with Crippen molar-refractivity contribution in [3.05, 3.63) is 22.4 Å². The van der Waals surface area contributed by atoms with Crippen LogP contribution in [0.1, 0.15) is 35.4 Å². The molecule has 7 heteroatoms. The predicted octanol–water partition coefficient (Wildman–Crippen LogP) is 0.467. The van der Waals surface area contributed by atoms with Crippen molar-refractivity contribution >= 4 is 28.9 Å². The number of hydrogen-bond acceptors (Lipinski definition) is 5. The molecule has 1 saturated carbocycles. The van der Waals surface area contributed by atoms with Crippen LogP contribution < -0.4 is 10.6 Å². The molecule has 2 rings (SSSR count). The van der Waals surface area contributed by atoms with E-state index in [1.54, 1.807) is 17.5 Å². The lowest BCUT2D eigenvalue weighted by Gasteiger charge is -2.18. The summed E-state index contributed by atoms with van der Waals surface area (Å²) < 4.78 is 0. The number of nitrogens with one attached hydrogen (secondary N) is 2. The maximum atomic E-state index is 12.0. The number of Topliss-reactive ketones (excluding diaryl/α,β-unsaturated/α-hetero) is 1. The zero-order valence-corrected chi connectivity index (χ0v) is 12.3. The van der Waals surface area contributed by atoms with Crippen molar-refractivity contribution < 1.29 is 19.5 Å². The average molecular weight is 310 g/mol. The maximum absolute atomic E-state index is 12.0. The Morgan fingerprint density at radius 3 is 2.62 bits per heavy atom. The van der Waals surface area contributed by atoms with Crippen molar-refractivity contribution in [2.75, 3.05) is 6.61 Å². The minimum absolute atomic E-state index is 0.0939. The molecule has 1 aromatic rings. The first-order valence-electron chi connectivity index (χ1n) is 6.91. The molecule has 0 aromatic carbocycles. The first kappa shape index (κ1) is 15.7. The number of aliphatic hydroxyl groups is 1. The van der Waals surface area contributed by atoms with E-state index in [0.29, 0.717) is 4.88 Å². The van der Waals surface area contributed by atoms with Gasteiger partial charge in [0.25, 0.3) is 11.7 Å². The van der Waals surface area contributed by atoms with Gasteiger partial charge in [-0.05, 0) is 24.3 Å². The zero-order valence-electron chi connectivity index (χ0n) is 11.5. The number of rotatable bonds is 6. The third-order valence-corrected chi connectivity index (χ3v) is 4.33. The minimum atomic E-state index is -1.10. The Bertz CT molecular complexity index is 509. The fourth-order valence-corrected chi connectivity index (χ4v) is 2.97. The standard InChI is InChI=1S/C14H18N2O4S/c17-8-10(13(19)15-9-4-1-2-5-9)16-14(20)12(18)11-6-3-7-21-11/h3,6-7,9-10,17H,1-2,4-5,8H2,(H,15,19)(H,16,20). The normalized spacial score (nSPS) is 16.4. The quantitative estimate of drug-likeness (QED) is 0.525. The number of carbonyl (C=O) groups is 3. The number of ketones is 1. The summed E-state index contributed by atoms with van der Waals surface area (Å²) in [7, 11) is 0. The van der Waals surface area contributed by atoms with Crippen molar-refractivity contribution in [1.82, 2.24) is 10.6 Å². The summed E-state index contributed by atoms with van der Waals surface area (Å²) in [6.07, 6.45) is 3.95. The van der Waals surface area contributed by atoms with E-state index in [0.717, 1.165) is 37.0 Å². The molecule has 1 unspecified atom stereocenters. The molecule has 1 aliphatic rings. The van der Waals surface area contributed by atoms with Gasteiger partial charge in [-0.25, -0.2) is 0 Å². The van der Waals surface area contributed by atoms with Crippen LogP contribution in [-0.4, -0.2) is 41.4 Å². The molecule has 6 nitrogen and oxygen atoms in total. The molecule has 2 amide bonds. The molecule has 0 radical (unpaired) electrons. The van der Waals surface area contributed by atoms with Gasteiger partial charge in [-0.2, -0.15) is 0 Å². The van der Waals surface area contributed by atoms with E-state index < -0.39 is 30.2 Å². The monoisotopic (exact) mass is 310 g/mol. The Morgan fingerprint density at radius 2 is 2.05 bits per heavy atom. The highest BCUT2D eigenvalue weighted by Gasteiger charge is 2.27. The van der Waals surface area contributed by atoms with Gasteiger partial charge in [-0.1, -0.05) is 18.9 Å². The van der Waals surface area contributed by atoms with Crippen LogP contribution >= 0.6 is 11.3 Å². The summed E-state index contributed by atoms with van der Waals surface area (Å²) in [4.78, 5) is 35.9. The highest BCUT2D eigenvalue weighted by atomic mass is 32.1. The number of amides is 2. The van der Waals surface area contributed by atoms with Crippen molar-refractivity contribution in [3.63, 3.8) is 0 Å². The van der Waals surface area contributed by atoms with Crippen molar-refractivity contribution in [1.29, 1.82) is 0 Å². The zero-order chi connectivity index (χ0) is 15.2. The van der Waals surface area contributed by atoms with Crippen LogP contribution in [0.25, 0.3) is 0 Å². The smallest absolute Gasteiger partial charge is 0.293 e. The van der Waals surface area contributed by atoms with Gasteiger partial charge >= 0.3 is 0 Å². The maximum Gasteiger partial charge on any atom is 0.293 e. The van der Waals surface area contributed by atoms with Crippen molar-refractivity contribution in [2.45, 2.75) is 37.8 Å². The third-order valence-electron chi connectivity index (χ3n) is 3.46. The van der Waals surface area contributed by atoms with Gasteiger partial charge in [-0.3, -0.25) is 14.4 Å². The van der Waals surface area contributed by atoms with Crippen LogP contribution in [0.5, 0.6) is 0 Å². The Labute approximate surface area is 126 Å². The van der Waals surface area contributed by atoms with E-state index in [-0.39, 0.29) is 6.04 Å². The summed E-state index contributed by atoms with van der Waals surface area (Å²) >= 11 is 1.16. The summed E-state index contributed by atoms with van der Waals surface area (Å²) in [5.41, 5.74) is 0. The molecule has 0 spiro atoms. The molecule has 0 bridgehead atoms. The molecular weight excluding hydrogens is 292 g/mol. The molecule has 114 valence electrons. The van der Waals surface area contributed by atoms with Crippen LogP contribution in [0.3, 0.4) is 0 Å². The molecular formula is C14H18N2O4S. The van der Waals surface area contributed by atoms with Gasteiger partial charge in [0.15, 0.2) is 0 Å². The Hall–Kier alpha value is -1.73. The molecule has 1 aromatic heterocycles. The first-order chi connectivity index (χ1) is 10.1. The summed E-state index contributed by atoms with van der Waals surface area (Å²) in [6, 6.07) is 2.21. The van der Waals surface area contributed by atoms with Crippen LogP contribution in [-0.2, 0) is 9.59 Å². The summed E-state index contributed by atoms with van der Waals surface area (Å²) in [6.45, 7) is -0.540. The topological polar surface area (TPSA) is 95.5 Å². The molecule has 3 N–H and O–H groups in total. The summed E-state index contributed by atoms with van der Waals surface area (Å²) in [5.74, 6) is -2.02. The number of carbonyl (C=O) groups excluding carboxylic acids is 3. The first-order valence-corrected chi connectivity index (χ1v) is 7.79. The van der Waals surface area contributed by atoms with Gasteiger partial charge in [0, 0.05) is 6.04 Å². The van der Waals surface area contributed by atoms with E-state index >= 15 is 0 Å². The predicted molar refractivity (Wildman–Crippen MR) is 78.1 cm³/mol. The second-order valence-corrected chi connectivity index (χ2v) is 5.95. The minimum Gasteiger partial charge on any atom is -0.394 e. The van der Waals surface area contributed by atoms with Gasteiger partial charge in [0.2, 0.25) is 5.91 Å². The average Bonchev–Trinajstić information content (AvgIpc) is 3.16. The lowest BCUT2D eigenvalue weighted by atomic mass is 10.2. The fourth-order valence-electron chi connectivity index (χ4n) is 2.31. The number of aliphatic hydroxyl groups excluding tert-OH is 1. The van der Waals surface area contributed by atoms with Gasteiger partial charge in [-0.15, -0.1) is 11.3 Å². The van der Waals surface area contributed by atoms with Crippen LogP contribution in [0, 0.1) is 0 Å². The van der Waals surface area contributed by atoms with E-state index in [1.165, 1.54) is 0 Å². The van der Waals surface area contributed by atoms with E-state index in [1.807, 2.05) is 0 Å². The second-order valence-electron chi connectivity index (χ2n) is 5.01. The summed E-state index contributed by atoms with van der Waals surface area (Å²) in [5, 5.41) is 16.0. The molecule has 1 heterocycles. The van der Waals surface area contributed by atoms with Gasteiger partial charge in [0.1, 0.15) is 6.04 Å². The molecule has 0 saturated heterocycles. The SMILES string of the molecule is O=C(NC(CO)C(=O)NC1CCCC1)C(=O)c1cccs1. The van der Waals surface area contributed by atoms with E-state index in [2.05, 4.69) is 10.6 Å². The molecule has 0 aliphatic heterocycles. The van der Waals surface area contributed by atoms with Crippen molar-refractivity contribution in [3.8, 4) is 0 Å². The lowest BCUT2D eigenvalue weighted by Crippen LogP contribution is -2.52. The Kier molecular flexibility index (Phi) is 5.46. The van der Waals surface area contributed by atoms with Gasteiger partial charge < -0.3 is 15.7 Å². The van der Waals surface area contributed by atoms with Crippen LogP contribution in [0.15, 0.2) is 17.5 Å². The number of thiophene rings is 1. The number of hydrogen-bond donors (Lipinski definition) is 3. The highest BCUT2D eigenvalue weighted by molar-refractivity contribution is 7.13. The van der Waals surface area contributed by atoms with Crippen LogP contribution in [0.4, 0.5) is 0 Å². The van der Waals surface area contributed by atoms with E-state index in [4.69, 9.17) is 0 Å². The third kappa shape index (κ3) is 4.12. The van der Waals surface area contributed by atoms with E-state index in [9.17, 15) is 19.5 Å². The lowest BCUT2D eigenvalue weighted by molar-refractivity contribution is -0.128. The van der Waals surface area contributed by atoms with Gasteiger partial charge in [0.05, 0.1) is 11.5 Å². The Balaban J connectivity index is 1.90. The molecule has 1 fully saturated rings. The fraction of sp³-hybridized carbons (Fsp3) is 0.500.